The number of phosphoric ester groups is 1. The van der Waals surface area contributed by atoms with Crippen molar-refractivity contribution in [3.8, 4) is 0 Å². The topological polar surface area (TPSA) is 111 Å². The van der Waals surface area contributed by atoms with E-state index in [9.17, 15) is 19.0 Å². The molecule has 0 N–H and O–H groups in total. The van der Waals surface area contributed by atoms with E-state index in [1.165, 1.54) is 199 Å². The molecule has 0 heterocycles. The number of carbonyl (C=O) groups excluding carboxylic acids is 2. The molecule has 0 saturated heterocycles. The van der Waals surface area contributed by atoms with Crippen LogP contribution in [0.1, 0.15) is 264 Å². The maximum atomic E-state index is 12.7. The maximum absolute atomic E-state index is 12.7. The van der Waals surface area contributed by atoms with Crippen LogP contribution in [0.3, 0.4) is 0 Å². The lowest BCUT2D eigenvalue weighted by atomic mass is 10.0. The Morgan fingerprint density at radius 2 is 0.810 bits per heavy atom. The third-order valence-corrected chi connectivity index (χ3v) is 13.0. The van der Waals surface area contributed by atoms with Gasteiger partial charge in [-0.1, -0.05) is 225 Å². The molecule has 0 aliphatic heterocycles. The van der Waals surface area contributed by atoms with Gasteiger partial charge in [0.15, 0.2) is 6.10 Å². The Bertz CT molecular complexity index is 1080. The van der Waals surface area contributed by atoms with Crippen molar-refractivity contribution < 1.29 is 42.1 Å². The van der Waals surface area contributed by atoms with Gasteiger partial charge in [0, 0.05) is 12.8 Å². The van der Waals surface area contributed by atoms with Gasteiger partial charge < -0.3 is 27.9 Å². The summed E-state index contributed by atoms with van der Waals surface area (Å²) in [6.07, 6.45) is 51.5. The lowest BCUT2D eigenvalue weighted by molar-refractivity contribution is -0.870. The van der Waals surface area contributed by atoms with Crippen LogP contribution in [0, 0.1) is 0 Å². The summed E-state index contributed by atoms with van der Waals surface area (Å²) in [5.41, 5.74) is 0. The van der Waals surface area contributed by atoms with Crippen molar-refractivity contribution in [3.05, 3.63) is 12.2 Å². The van der Waals surface area contributed by atoms with E-state index >= 15 is 0 Å². The summed E-state index contributed by atoms with van der Waals surface area (Å²) in [7, 11) is 1.18. The molecule has 0 aromatic carbocycles. The van der Waals surface area contributed by atoms with Crippen LogP contribution in [0.5, 0.6) is 0 Å². The number of hydrogen-bond donors (Lipinski definition) is 0. The highest BCUT2D eigenvalue weighted by Crippen LogP contribution is 2.38. The molecular weight excluding hydrogens is 810 g/mol. The largest absolute Gasteiger partial charge is 0.756 e. The molecule has 0 aliphatic rings. The minimum absolute atomic E-state index is 0.0268. The first-order valence-corrected chi connectivity index (χ1v) is 28.4. The van der Waals surface area contributed by atoms with Crippen LogP contribution in [0.25, 0.3) is 0 Å². The number of likely N-dealkylation sites (N-methyl/N-ethyl adjacent to an activating group) is 1. The lowest BCUT2D eigenvalue weighted by Crippen LogP contribution is -2.37. The van der Waals surface area contributed by atoms with Gasteiger partial charge in [0.25, 0.3) is 7.82 Å². The van der Waals surface area contributed by atoms with Gasteiger partial charge in [0.1, 0.15) is 19.8 Å². The Hall–Kier alpha value is -1.25. The normalized spacial score (nSPS) is 13.4. The Kier molecular flexibility index (Phi) is 45.0. The molecule has 0 aromatic rings. The smallest absolute Gasteiger partial charge is 0.306 e. The van der Waals surface area contributed by atoms with E-state index in [1.54, 1.807) is 0 Å². The number of quaternary nitrogens is 1. The van der Waals surface area contributed by atoms with E-state index in [0.29, 0.717) is 17.4 Å². The molecule has 0 aliphatic carbocycles. The quantitative estimate of drug-likeness (QED) is 0.0195. The van der Waals surface area contributed by atoms with Crippen LogP contribution in [0.4, 0.5) is 0 Å². The minimum atomic E-state index is -4.62. The van der Waals surface area contributed by atoms with Crippen LogP contribution < -0.4 is 4.89 Å². The van der Waals surface area contributed by atoms with Crippen molar-refractivity contribution >= 4 is 19.8 Å². The number of esters is 2. The van der Waals surface area contributed by atoms with Gasteiger partial charge in [-0.25, -0.2) is 0 Å². The zero-order valence-electron chi connectivity index (χ0n) is 42.3. The molecule has 10 heteroatoms. The predicted octanol–water partition coefficient (Wildman–Crippen LogP) is 15.5. The number of unbranched alkanes of at least 4 members (excludes halogenated alkanes) is 34. The van der Waals surface area contributed by atoms with Gasteiger partial charge in [0.05, 0.1) is 27.7 Å². The molecule has 0 fully saturated rings. The Morgan fingerprint density at radius 1 is 0.476 bits per heavy atom. The molecule has 0 spiro atoms. The standard InChI is InChI=1S/C53H104NO8P/c1-6-8-10-12-14-16-17-18-19-20-21-22-23-24-25-26-27-28-29-30-31-32-33-34-35-36-37-38-40-42-44-46-53(56)62-51(50-61-63(57,58)60-48-47-54(3,4)5)49-59-52(55)45-43-41-39-15-13-11-9-7-2/h20-21,51H,6-19,22-50H2,1-5H3/b21-20-. The fourth-order valence-electron chi connectivity index (χ4n) is 7.83. The molecule has 0 bridgehead atoms. The first-order valence-electron chi connectivity index (χ1n) is 26.9. The summed E-state index contributed by atoms with van der Waals surface area (Å²) >= 11 is 0. The average molecular weight is 914 g/mol. The van der Waals surface area contributed by atoms with Gasteiger partial charge in [-0.2, -0.15) is 0 Å². The summed E-state index contributed by atoms with van der Waals surface area (Å²) in [6, 6.07) is 0. The van der Waals surface area contributed by atoms with Gasteiger partial charge in [-0.3, -0.25) is 14.2 Å². The fourth-order valence-corrected chi connectivity index (χ4v) is 8.56. The van der Waals surface area contributed by atoms with Crippen molar-refractivity contribution in [2.45, 2.75) is 270 Å². The molecule has 63 heavy (non-hydrogen) atoms. The molecule has 374 valence electrons. The highest BCUT2D eigenvalue weighted by atomic mass is 31.2. The number of ether oxygens (including phenoxy) is 2. The van der Waals surface area contributed by atoms with Gasteiger partial charge in [-0.05, 0) is 38.5 Å². The highest BCUT2D eigenvalue weighted by Gasteiger charge is 2.21. The van der Waals surface area contributed by atoms with Crippen LogP contribution in [0.2, 0.25) is 0 Å². The molecule has 2 unspecified atom stereocenters. The van der Waals surface area contributed by atoms with Gasteiger partial charge in [-0.15, -0.1) is 0 Å². The van der Waals surface area contributed by atoms with E-state index in [0.717, 1.165) is 32.1 Å². The van der Waals surface area contributed by atoms with Crippen LogP contribution in [-0.4, -0.2) is 70.0 Å². The number of phosphoric acid groups is 1. The van der Waals surface area contributed by atoms with Crippen LogP contribution in [-0.2, 0) is 32.7 Å². The molecule has 0 aromatic heterocycles. The number of rotatable bonds is 50. The summed E-state index contributed by atoms with van der Waals surface area (Å²) in [6.45, 7) is 4.23. The molecular formula is C53H104NO8P. The molecule has 0 amide bonds. The third kappa shape index (κ3) is 50.0. The molecule has 2 atom stereocenters. The van der Waals surface area contributed by atoms with Crippen molar-refractivity contribution in [2.75, 3.05) is 47.5 Å². The zero-order chi connectivity index (χ0) is 46.4. The van der Waals surface area contributed by atoms with Gasteiger partial charge in [0.2, 0.25) is 0 Å². The predicted molar refractivity (Wildman–Crippen MR) is 264 cm³/mol. The van der Waals surface area contributed by atoms with Crippen LogP contribution >= 0.6 is 7.82 Å². The Morgan fingerprint density at radius 3 is 1.17 bits per heavy atom. The van der Waals surface area contributed by atoms with Crippen LogP contribution in [0.15, 0.2) is 12.2 Å². The number of allylic oxidation sites excluding steroid dienone is 2. The second-order valence-electron chi connectivity index (χ2n) is 19.6. The second kappa shape index (κ2) is 45.9. The molecule has 0 rings (SSSR count). The van der Waals surface area contributed by atoms with Crippen molar-refractivity contribution in [1.29, 1.82) is 0 Å². The lowest BCUT2D eigenvalue weighted by Gasteiger charge is -2.28. The van der Waals surface area contributed by atoms with Gasteiger partial charge >= 0.3 is 11.9 Å². The van der Waals surface area contributed by atoms with E-state index in [4.69, 9.17) is 18.5 Å². The average Bonchev–Trinajstić information content (AvgIpc) is 3.24. The summed E-state index contributed by atoms with van der Waals surface area (Å²) in [5, 5.41) is 0. The monoisotopic (exact) mass is 914 g/mol. The summed E-state index contributed by atoms with van der Waals surface area (Å²) in [4.78, 5) is 37.5. The first kappa shape index (κ1) is 61.8. The summed E-state index contributed by atoms with van der Waals surface area (Å²) < 4.78 is 33.9. The SMILES string of the molecule is CCCCCCCCCC/C=C\CCCCCCCCCCCCCCCCCCCCCC(=O)OC(COC(=O)CCCCCCCCCC)COP(=O)([O-])OCC[N+](C)(C)C. The van der Waals surface area contributed by atoms with E-state index < -0.39 is 26.5 Å². The fraction of sp³-hybridized carbons (Fsp3) is 0.925. The Labute approximate surface area is 390 Å². The second-order valence-corrected chi connectivity index (χ2v) is 21.0. The Balaban J connectivity index is 3.92. The molecule has 9 nitrogen and oxygen atoms in total. The number of hydrogen-bond acceptors (Lipinski definition) is 8. The van der Waals surface area contributed by atoms with Crippen molar-refractivity contribution in [1.82, 2.24) is 0 Å². The summed E-state index contributed by atoms with van der Waals surface area (Å²) in [5.74, 6) is -0.825. The van der Waals surface area contributed by atoms with Crippen molar-refractivity contribution in [3.63, 3.8) is 0 Å². The minimum Gasteiger partial charge on any atom is -0.756 e. The van der Waals surface area contributed by atoms with E-state index in [-0.39, 0.29) is 32.0 Å². The number of carbonyl (C=O) groups is 2. The zero-order valence-corrected chi connectivity index (χ0v) is 43.2. The van der Waals surface area contributed by atoms with E-state index in [2.05, 4.69) is 26.0 Å². The first-order chi connectivity index (χ1) is 30.5. The number of nitrogens with zero attached hydrogens (tertiary/aromatic N) is 1. The molecule has 0 radical (unpaired) electrons. The highest BCUT2D eigenvalue weighted by molar-refractivity contribution is 7.45. The van der Waals surface area contributed by atoms with Crippen molar-refractivity contribution in [2.24, 2.45) is 0 Å². The third-order valence-electron chi connectivity index (χ3n) is 12.0. The maximum Gasteiger partial charge on any atom is 0.306 e. The van der Waals surface area contributed by atoms with E-state index in [1.807, 2.05) is 21.1 Å². The molecule has 0 saturated carbocycles.